The van der Waals surface area contributed by atoms with E-state index in [1.54, 1.807) is 0 Å². The number of rotatable bonds is 4. The summed E-state index contributed by atoms with van der Waals surface area (Å²) in [7, 11) is 0. The number of fused-ring (bicyclic) bond motifs is 1. The van der Waals surface area contributed by atoms with Gasteiger partial charge in [-0.2, -0.15) is 9.97 Å². The lowest BCUT2D eigenvalue weighted by Crippen LogP contribution is -2.37. The summed E-state index contributed by atoms with van der Waals surface area (Å²) in [6, 6.07) is 2.09. The Morgan fingerprint density at radius 2 is 1.96 bits per heavy atom. The van der Waals surface area contributed by atoms with Crippen LogP contribution in [-0.2, 0) is 4.74 Å². The molecule has 4 rings (SSSR count). The Morgan fingerprint density at radius 3 is 2.67 bits per heavy atom. The lowest BCUT2D eigenvalue weighted by Gasteiger charge is -2.28. The predicted molar refractivity (Wildman–Crippen MR) is 92.7 cm³/mol. The number of hydrogen-bond donors (Lipinski definition) is 0. The summed E-state index contributed by atoms with van der Waals surface area (Å²) in [5, 5.41) is 0.912. The molecule has 0 spiro atoms. The second kappa shape index (κ2) is 6.51. The van der Waals surface area contributed by atoms with Crippen molar-refractivity contribution in [2.45, 2.75) is 33.1 Å². The van der Waals surface area contributed by atoms with E-state index in [9.17, 15) is 0 Å². The number of anilines is 1. The third-order valence-corrected chi connectivity index (χ3v) is 5.06. The monoisotopic (exact) mass is 328 g/mol. The first-order chi connectivity index (χ1) is 11.7. The van der Waals surface area contributed by atoms with E-state index < -0.39 is 0 Å². The van der Waals surface area contributed by atoms with E-state index in [0.717, 1.165) is 42.0 Å². The minimum Gasteiger partial charge on any atom is -0.477 e. The van der Waals surface area contributed by atoms with Gasteiger partial charge in [-0.15, -0.1) is 0 Å². The fourth-order valence-electron chi connectivity index (χ4n) is 3.08. The summed E-state index contributed by atoms with van der Waals surface area (Å²) in [5.41, 5.74) is 2.86. The van der Waals surface area contributed by atoms with Crippen molar-refractivity contribution in [1.82, 2.24) is 15.0 Å². The maximum atomic E-state index is 6.10. The molecule has 0 amide bonds. The van der Waals surface area contributed by atoms with Crippen LogP contribution in [0.3, 0.4) is 0 Å². The molecule has 1 saturated heterocycles. The molecule has 6 nitrogen and oxygen atoms in total. The Morgan fingerprint density at radius 1 is 1.17 bits per heavy atom. The van der Waals surface area contributed by atoms with Crippen LogP contribution in [0, 0.1) is 19.8 Å². The van der Waals surface area contributed by atoms with Gasteiger partial charge in [-0.05, 0) is 44.2 Å². The summed E-state index contributed by atoms with van der Waals surface area (Å²) >= 11 is 0. The molecule has 24 heavy (non-hydrogen) atoms. The number of aryl methyl sites for hydroxylation is 2. The van der Waals surface area contributed by atoms with E-state index in [-0.39, 0.29) is 0 Å². The molecule has 0 N–H and O–H groups in total. The highest BCUT2D eigenvalue weighted by molar-refractivity contribution is 5.82. The molecule has 1 aliphatic carbocycles. The Hall–Kier alpha value is -1.95. The van der Waals surface area contributed by atoms with Gasteiger partial charge in [0.2, 0.25) is 11.8 Å². The topological polar surface area (TPSA) is 60.4 Å². The molecule has 1 aliphatic heterocycles. The van der Waals surface area contributed by atoms with Gasteiger partial charge in [0, 0.05) is 18.8 Å². The second-order valence-corrected chi connectivity index (χ2v) is 6.80. The maximum Gasteiger partial charge on any atom is 0.230 e. The molecular formula is C18H24N4O2. The third-order valence-electron chi connectivity index (χ3n) is 5.06. The summed E-state index contributed by atoms with van der Waals surface area (Å²) < 4.78 is 11.5. The van der Waals surface area contributed by atoms with Crippen LogP contribution < -0.4 is 9.64 Å². The van der Waals surface area contributed by atoms with Gasteiger partial charge in [-0.1, -0.05) is 6.42 Å². The zero-order valence-electron chi connectivity index (χ0n) is 14.4. The molecule has 0 radical (unpaired) electrons. The van der Waals surface area contributed by atoms with Crippen molar-refractivity contribution < 1.29 is 9.47 Å². The average molecular weight is 328 g/mol. The average Bonchev–Trinajstić information content (AvgIpc) is 2.55. The van der Waals surface area contributed by atoms with Crippen LogP contribution in [0.15, 0.2) is 6.07 Å². The van der Waals surface area contributed by atoms with Crippen LogP contribution in [0.4, 0.5) is 5.95 Å². The molecular weight excluding hydrogens is 304 g/mol. The third kappa shape index (κ3) is 3.02. The maximum absolute atomic E-state index is 6.10. The quantitative estimate of drug-likeness (QED) is 0.860. The number of nitrogens with zero attached hydrogens (tertiary/aromatic N) is 4. The summed E-state index contributed by atoms with van der Waals surface area (Å²) in [4.78, 5) is 16.2. The molecule has 128 valence electrons. The summed E-state index contributed by atoms with van der Waals surface area (Å²) in [5.74, 6) is 2.04. The molecule has 0 atom stereocenters. The van der Waals surface area contributed by atoms with E-state index in [1.807, 2.05) is 6.92 Å². The van der Waals surface area contributed by atoms with Gasteiger partial charge in [0.1, 0.15) is 0 Å². The molecule has 0 aromatic carbocycles. The fourth-order valence-corrected chi connectivity index (χ4v) is 3.08. The minimum atomic E-state index is 0.668. The Labute approximate surface area is 142 Å². The molecule has 3 heterocycles. The molecule has 2 fully saturated rings. The molecule has 1 saturated carbocycles. The first-order valence-corrected chi connectivity index (χ1v) is 8.82. The SMILES string of the molecule is Cc1cc2c(OCC3CCC3)nc(N3CCOCC3)nc2nc1C. The normalized spacial score (nSPS) is 18.7. The van der Waals surface area contributed by atoms with Gasteiger partial charge in [0.05, 0.1) is 25.2 Å². The lowest BCUT2D eigenvalue weighted by atomic mass is 9.86. The zero-order chi connectivity index (χ0) is 16.5. The highest BCUT2D eigenvalue weighted by Crippen LogP contribution is 2.30. The molecule has 2 aromatic rings. The number of pyridine rings is 1. The number of morpholine rings is 1. The Bertz CT molecular complexity index is 739. The predicted octanol–water partition coefficient (Wildman–Crippen LogP) is 2.66. The van der Waals surface area contributed by atoms with E-state index in [4.69, 9.17) is 19.4 Å². The minimum absolute atomic E-state index is 0.668. The largest absolute Gasteiger partial charge is 0.477 e. The first-order valence-electron chi connectivity index (χ1n) is 8.82. The smallest absolute Gasteiger partial charge is 0.230 e. The molecule has 0 bridgehead atoms. The van der Waals surface area contributed by atoms with E-state index in [0.29, 0.717) is 31.0 Å². The van der Waals surface area contributed by atoms with Gasteiger partial charge in [0.25, 0.3) is 0 Å². The molecule has 2 aliphatic rings. The van der Waals surface area contributed by atoms with Crippen LogP contribution in [0.1, 0.15) is 30.5 Å². The van der Waals surface area contributed by atoms with Crippen molar-refractivity contribution in [3.63, 3.8) is 0 Å². The van der Waals surface area contributed by atoms with Crippen LogP contribution in [0.2, 0.25) is 0 Å². The van der Waals surface area contributed by atoms with Crippen molar-refractivity contribution in [3.8, 4) is 5.88 Å². The fraction of sp³-hybridized carbons (Fsp3) is 0.611. The van der Waals surface area contributed by atoms with E-state index in [2.05, 4.69) is 22.9 Å². The van der Waals surface area contributed by atoms with Gasteiger partial charge >= 0.3 is 0 Å². The van der Waals surface area contributed by atoms with Crippen molar-refractivity contribution in [3.05, 3.63) is 17.3 Å². The van der Waals surface area contributed by atoms with E-state index in [1.165, 1.54) is 19.3 Å². The van der Waals surface area contributed by atoms with Crippen molar-refractivity contribution in [2.75, 3.05) is 37.8 Å². The van der Waals surface area contributed by atoms with Crippen molar-refractivity contribution in [1.29, 1.82) is 0 Å². The van der Waals surface area contributed by atoms with Crippen molar-refractivity contribution >= 4 is 17.0 Å². The molecule has 6 heteroatoms. The number of aromatic nitrogens is 3. The summed E-state index contributed by atoms with van der Waals surface area (Å²) in [6.45, 7) is 7.84. The Balaban J connectivity index is 1.71. The van der Waals surface area contributed by atoms with Crippen LogP contribution >= 0.6 is 0 Å². The zero-order valence-corrected chi connectivity index (χ0v) is 14.4. The van der Waals surface area contributed by atoms with Gasteiger partial charge in [-0.25, -0.2) is 4.98 Å². The lowest BCUT2D eigenvalue weighted by molar-refractivity contribution is 0.122. The van der Waals surface area contributed by atoms with Crippen LogP contribution in [0.5, 0.6) is 5.88 Å². The number of hydrogen-bond acceptors (Lipinski definition) is 6. The van der Waals surface area contributed by atoms with Crippen molar-refractivity contribution in [2.24, 2.45) is 5.92 Å². The van der Waals surface area contributed by atoms with Gasteiger partial charge in [0.15, 0.2) is 5.65 Å². The molecule has 0 unspecified atom stereocenters. The Kier molecular flexibility index (Phi) is 4.22. The van der Waals surface area contributed by atoms with Gasteiger partial charge < -0.3 is 14.4 Å². The summed E-state index contributed by atoms with van der Waals surface area (Å²) in [6.07, 6.45) is 3.84. The van der Waals surface area contributed by atoms with Crippen LogP contribution in [-0.4, -0.2) is 47.9 Å². The van der Waals surface area contributed by atoms with E-state index >= 15 is 0 Å². The number of ether oxygens (including phenoxy) is 2. The molecule has 2 aromatic heterocycles. The highest BCUT2D eigenvalue weighted by Gasteiger charge is 2.21. The standard InChI is InChI=1S/C18H24N4O2/c1-12-10-15-16(19-13(12)2)20-18(22-6-8-23-9-7-22)21-17(15)24-11-14-4-3-5-14/h10,14H,3-9,11H2,1-2H3. The first kappa shape index (κ1) is 15.6. The van der Waals surface area contributed by atoms with Gasteiger partial charge in [-0.3, -0.25) is 0 Å². The van der Waals surface area contributed by atoms with Crippen LogP contribution in [0.25, 0.3) is 11.0 Å². The second-order valence-electron chi connectivity index (χ2n) is 6.80. The highest BCUT2D eigenvalue weighted by atomic mass is 16.5.